The minimum Gasteiger partial charge on any atom is -0.314 e. The van der Waals surface area contributed by atoms with Crippen molar-refractivity contribution in [2.24, 2.45) is 5.92 Å². The van der Waals surface area contributed by atoms with Crippen molar-refractivity contribution < 1.29 is 0 Å². The molecule has 0 radical (unpaired) electrons. The van der Waals surface area contributed by atoms with Gasteiger partial charge in [0.25, 0.3) is 0 Å². The number of rotatable bonds is 3. The van der Waals surface area contributed by atoms with Gasteiger partial charge in [-0.25, -0.2) is 0 Å². The molecule has 0 amide bonds. The second kappa shape index (κ2) is 7.39. The standard InChI is InChI=1S/C16H25N3.ClH/c1-13(15-4-2-8-17-12-15)19-10-6-14(7-11-19)16-5-3-9-18-16;/h2,4,8,12-14,16,18H,3,5-7,9-11H2,1H3;1H. The minimum absolute atomic E-state index is 0. The third kappa shape index (κ3) is 3.51. The summed E-state index contributed by atoms with van der Waals surface area (Å²) in [4.78, 5) is 6.86. The Morgan fingerprint density at radius 2 is 2.10 bits per heavy atom. The average molecular weight is 296 g/mol. The summed E-state index contributed by atoms with van der Waals surface area (Å²) in [7, 11) is 0. The van der Waals surface area contributed by atoms with Crippen LogP contribution in [0.5, 0.6) is 0 Å². The van der Waals surface area contributed by atoms with Crippen LogP contribution in [0.3, 0.4) is 0 Å². The molecule has 2 atom stereocenters. The van der Waals surface area contributed by atoms with Crippen molar-refractivity contribution >= 4 is 12.4 Å². The molecule has 0 aliphatic carbocycles. The second-order valence-corrected chi connectivity index (χ2v) is 6.04. The van der Waals surface area contributed by atoms with Gasteiger partial charge in [-0.1, -0.05) is 6.07 Å². The molecule has 1 N–H and O–H groups in total. The van der Waals surface area contributed by atoms with E-state index in [-0.39, 0.29) is 12.4 Å². The van der Waals surface area contributed by atoms with Crippen molar-refractivity contribution in [3.63, 3.8) is 0 Å². The molecule has 112 valence electrons. The second-order valence-electron chi connectivity index (χ2n) is 6.04. The van der Waals surface area contributed by atoms with E-state index in [0.717, 1.165) is 12.0 Å². The minimum atomic E-state index is 0. The lowest BCUT2D eigenvalue weighted by Gasteiger charge is -2.38. The molecule has 3 nitrogen and oxygen atoms in total. The molecule has 0 spiro atoms. The number of nitrogens with one attached hydrogen (secondary N) is 1. The van der Waals surface area contributed by atoms with Gasteiger partial charge in [-0.2, -0.15) is 0 Å². The van der Waals surface area contributed by atoms with E-state index in [1.54, 1.807) is 0 Å². The van der Waals surface area contributed by atoms with Gasteiger partial charge in [0.2, 0.25) is 0 Å². The largest absolute Gasteiger partial charge is 0.314 e. The quantitative estimate of drug-likeness (QED) is 0.929. The molecule has 3 rings (SSSR count). The summed E-state index contributed by atoms with van der Waals surface area (Å²) in [6.07, 6.45) is 9.33. The van der Waals surface area contributed by atoms with E-state index in [1.165, 1.54) is 50.9 Å². The van der Waals surface area contributed by atoms with Gasteiger partial charge in [-0.3, -0.25) is 9.88 Å². The lowest BCUT2D eigenvalue weighted by molar-refractivity contribution is 0.126. The number of halogens is 1. The number of nitrogens with zero attached hydrogens (tertiary/aromatic N) is 2. The molecule has 2 fully saturated rings. The van der Waals surface area contributed by atoms with Crippen LogP contribution in [0.15, 0.2) is 24.5 Å². The van der Waals surface area contributed by atoms with E-state index < -0.39 is 0 Å². The van der Waals surface area contributed by atoms with E-state index in [2.05, 4.69) is 28.2 Å². The summed E-state index contributed by atoms with van der Waals surface area (Å²) in [5.41, 5.74) is 1.35. The molecule has 2 aliphatic rings. The fourth-order valence-electron chi connectivity index (χ4n) is 3.66. The number of hydrogen-bond donors (Lipinski definition) is 1. The third-order valence-electron chi connectivity index (χ3n) is 4.96. The lowest BCUT2D eigenvalue weighted by Crippen LogP contribution is -2.41. The first-order valence-electron chi connectivity index (χ1n) is 7.72. The molecule has 4 heteroatoms. The fourth-order valence-corrected chi connectivity index (χ4v) is 3.66. The number of aromatic nitrogens is 1. The Morgan fingerprint density at radius 3 is 2.70 bits per heavy atom. The molecule has 20 heavy (non-hydrogen) atoms. The van der Waals surface area contributed by atoms with Gasteiger partial charge in [-0.15, -0.1) is 12.4 Å². The molecular weight excluding hydrogens is 270 g/mol. The summed E-state index contributed by atoms with van der Waals surface area (Å²) in [5.74, 6) is 0.903. The van der Waals surface area contributed by atoms with Gasteiger partial charge < -0.3 is 5.32 Å². The highest BCUT2D eigenvalue weighted by Crippen LogP contribution is 2.29. The summed E-state index contributed by atoms with van der Waals surface area (Å²) in [6.45, 7) is 6.01. The van der Waals surface area contributed by atoms with Crippen LogP contribution >= 0.6 is 12.4 Å². The maximum atomic E-state index is 4.24. The van der Waals surface area contributed by atoms with Crippen LogP contribution in [0.2, 0.25) is 0 Å². The summed E-state index contributed by atoms with van der Waals surface area (Å²) < 4.78 is 0. The zero-order chi connectivity index (χ0) is 13.1. The van der Waals surface area contributed by atoms with Crippen molar-refractivity contribution in [2.75, 3.05) is 19.6 Å². The van der Waals surface area contributed by atoms with Gasteiger partial charge in [0.1, 0.15) is 0 Å². The van der Waals surface area contributed by atoms with E-state index in [9.17, 15) is 0 Å². The van der Waals surface area contributed by atoms with Gasteiger partial charge in [0.15, 0.2) is 0 Å². The smallest absolute Gasteiger partial charge is 0.0335 e. The van der Waals surface area contributed by atoms with E-state index in [1.807, 2.05) is 18.5 Å². The molecule has 1 aromatic rings. The van der Waals surface area contributed by atoms with Gasteiger partial charge in [-0.05, 0) is 69.8 Å². The Morgan fingerprint density at radius 1 is 1.30 bits per heavy atom. The van der Waals surface area contributed by atoms with Gasteiger partial charge in [0, 0.05) is 24.5 Å². The highest BCUT2D eigenvalue weighted by Gasteiger charge is 2.29. The van der Waals surface area contributed by atoms with E-state index in [0.29, 0.717) is 6.04 Å². The first-order valence-corrected chi connectivity index (χ1v) is 7.72. The van der Waals surface area contributed by atoms with Crippen LogP contribution < -0.4 is 5.32 Å². The predicted octanol–water partition coefficient (Wildman–Crippen LogP) is 3.03. The molecule has 2 aliphatic heterocycles. The Bertz CT molecular complexity index is 384. The zero-order valence-corrected chi connectivity index (χ0v) is 13.1. The van der Waals surface area contributed by atoms with Crippen molar-refractivity contribution in [2.45, 2.75) is 44.7 Å². The lowest BCUT2D eigenvalue weighted by atomic mass is 9.88. The highest BCUT2D eigenvalue weighted by molar-refractivity contribution is 5.85. The normalized spacial score (nSPS) is 26.1. The fraction of sp³-hybridized carbons (Fsp3) is 0.688. The Labute approximate surface area is 128 Å². The van der Waals surface area contributed by atoms with Crippen LogP contribution in [-0.4, -0.2) is 35.6 Å². The van der Waals surface area contributed by atoms with Gasteiger partial charge in [0.05, 0.1) is 0 Å². The number of hydrogen-bond acceptors (Lipinski definition) is 3. The Kier molecular flexibility index (Phi) is 5.82. The molecular formula is C16H26ClN3. The molecule has 0 saturated carbocycles. The van der Waals surface area contributed by atoms with E-state index >= 15 is 0 Å². The maximum absolute atomic E-state index is 4.24. The number of likely N-dealkylation sites (tertiary alicyclic amines) is 1. The molecule has 2 unspecified atom stereocenters. The van der Waals surface area contributed by atoms with Crippen LogP contribution in [-0.2, 0) is 0 Å². The highest BCUT2D eigenvalue weighted by atomic mass is 35.5. The number of piperidine rings is 1. The predicted molar refractivity (Wildman–Crippen MR) is 85.2 cm³/mol. The van der Waals surface area contributed by atoms with Crippen LogP contribution in [0.1, 0.15) is 44.2 Å². The van der Waals surface area contributed by atoms with Crippen molar-refractivity contribution in [3.8, 4) is 0 Å². The van der Waals surface area contributed by atoms with Crippen LogP contribution in [0.4, 0.5) is 0 Å². The number of pyridine rings is 1. The van der Waals surface area contributed by atoms with Crippen molar-refractivity contribution in [1.29, 1.82) is 0 Å². The van der Waals surface area contributed by atoms with Crippen LogP contribution in [0.25, 0.3) is 0 Å². The first-order chi connectivity index (χ1) is 9.34. The Balaban J connectivity index is 0.00000147. The average Bonchev–Trinajstić information content (AvgIpc) is 3.02. The van der Waals surface area contributed by atoms with Crippen LogP contribution in [0, 0.1) is 5.92 Å². The SMILES string of the molecule is CC(c1cccnc1)N1CCC(C2CCCN2)CC1.Cl. The molecule has 1 aromatic heterocycles. The summed E-state index contributed by atoms with van der Waals surface area (Å²) >= 11 is 0. The first kappa shape index (κ1) is 15.7. The van der Waals surface area contributed by atoms with Gasteiger partial charge >= 0.3 is 0 Å². The van der Waals surface area contributed by atoms with E-state index in [4.69, 9.17) is 0 Å². The topological polar surface area (TPSA) is 28.2 Å². The van der Waals surface area contributed by atoms with Crippen molar-refractivity contribution in [1.82, 2.24) is 15.2 Å². The molecule has 2 saturated heterocycles. The maximum Gasteiger partial charge on any atom is 0.0335 e. The summed E-state index contributed by atoms with van der Waals surface area (Å²) in [5, 5.41) is 3.67. The van der Waals surface area contributed by atoms with Crippen molar-refractivity contribution in [3.05, 3.63) is 30.1 Å². The zero-order valence-electron chi connectivity index (χ0n) is 12.3. The third-order valence-corrected chi connectivity index (χ3v) is 4.96. The molecule has 3 heterocycles. The molecule has 0 bridgehead atoms. The Hall–Kier alpha value is -0.640. The monoisotopic (exact) mass is 295 g/mol. The molecule has 0 aromatic carbocycles. The summed E-state index contributed by atoms with van der Waals surface area (Å²) in [6, 6.07) is 5.55.